The van der Waals surface area contributed by atoms with Gasteiger partial charge in [0.05, 0.1) is 4.90 Å². The summed E-state index contributed by atoms with van der Waals surface area (Å²) in [6, 6.07) is 2.63. The van der Waals surface area contributed by atoms with Crippen LogP contribution in [0.4, 0.5) is 0 Å². The zero-order valence-electron chi connectivity index (χ0n) is 6.80. The van der Waals surface area contributed by atoms with E-state index in [1.165, 1.54) is 12.1 Å². The van der Waals surface area contributed by atoms with Crippen molar-refractivity contribution >= 4 is 16.3 Å². The molecule has 0 radical (unpaired) electrons. The number of pyridine rings is 1. The van der Waals surface area contributed by atoms with E-state index in [1.54, 1.807) is 0 Å². The Morgan fingerprint density at radius 2 is 2.15 bits per heavy atom. The van der Waals surface area contributed by atoms with Gasteiger partial charge in [-0.25, -0.2) is 13.4 Å². The van der Waals surface area contributed by atoms with Gasteiger partial charge < -0.3 is 4.74 Å². The molecule has 0 N–H and O–H groups in total. The second kappa shape index (κ2) is 3.53. The van der Waals surface area contributed by atoms with Gasteiger partial charge in [-0.1, -0.05) is 0 Å². The summed E-state index contributed by atoms with van der Waals surface area (Å²) in [7, 11) is -3.24. The molecule has 0 bridgehead atoms. The molecule has 6 heteroatoms. The molecule has 0 aromatic carbocycles. The number of nitrogens with zero attached hydrogens (tertiary/aromatic N) is 1. The van der Waals surface area contributed by atoms with Gasteiger partial charge in [0.1, 0.15) is 0 Å². The minimum absolute atomic E-state index is 0.0717. The van der Waals surface area contributed by atoms with Gasteiger partial charge in [0.15, 0.2) is 9.84 Å². The number of hydrogen-bond donors (Lipinski definition) is 0. The van der Waals surface area contributed by atoms with Crippen molar-refractivity contribution < 1.29 is 17.9 Å². The number of sulfone groups is 1. The molecular weight excluding hydrogens is 194 g/mol. The van der Waals surface area contributed by atoms with Crippen LogP contribution in [0.2, 0.25) is 0 Å². The third-order valence-corrected chi connectivity index (χ3v) is 2.40. The van der Waals surface area contributed by atoms with Crippen LogP contribution in [0.15, 0.2) is 23.2 Å². The van der Waals surface area contributed by atoms with E-state index in [1.807, 2.05) is 0 Å². The van der Waals surface area contributed by atoms with Gasteiger partial charge in [-0.3, -0.25) is 4.79 Å². The third kappa shape index (κ3) is 2.51. The Kier molecular flexibility index (Phi) is 2.62. The lowest BCUT2D eigenvalue weighted by Gasteiger charge is -1.98. The summed E-state index contributed by atoms with van der Waals surface area (Å²) in [5.41, 5.74) is 0. The molecule has 0 saturated carbocycles. The molecule has 1 aromatic rings. The Hall–Kier alpha value is -1.43. The topological polar surface area (TPSA) is 73.3 Å². The summed E-state index contributed by atoms with van der Waals surface area (Å²) in [5.74, 6) is 0.0717. The van der Waals surface area contributed by atoms with Crippen molar-refractivity contribution in [3.05, 3.63) is 18.3 Å². The van der Waals surface area contributed by atoms with Gasteiger partial charge in [0.2, 0.25) is 5.88 Å². The number of ether oxygens (including phenoxy) is 1. The third-order valence-electron chi connectivity index (χ3n) is 1.31. The largest absolute Gasteiger partial charge is 0.410 e. The van der Waals surface area contributed by atoms with Crippen molar-refractivity contribution in [1.82, 2.24) is 4.98 Å². The molecule has 0 amide bonds. The molecule has 1 heterocycles. The number of carbonyl (C=O) groups is 1. The molecule has 1 aromatic heterocycles. The maximum atomic E-state index is 11.0. The van der Waals surface area contributed by atoms with Crippen LogP contribution in [0.3, 0.4) is 0 Å². The summed E-state index contributed by atoms with van der Waals surface area (Å²) < 4.78 is 26.3. The Morgan fingerprint density at radius 1 is 1.46 bits per heavy atom. The molecule has 0 aliphatic heterocycles. The lowest BCUT2D eigenvalue weighted by atomic mass is 10.5. The SMILES string of the molecule is CS(=O)(=O)c1ccc(OC=O)nc1. The first kappa shape index (κ1) is 9.66. The molecule has 1 rings (SSSR count). The van der Waals surface area contributed by atoms with Gasteiger partial charge in [-0.15, -0.1) is 0 Å². The second-order valence-electron chi connectivity index (χ2n) is 2.32. The Bertz CT molecular complexity index is 395. The van der Waals surface area contributed by atoms with Crippen molar-refractivity contribution in [2.45, 2.75) is 4.90 Å². The van der Waals surface area contributed by atoms with Gasteiger partial charge in [0.25, 0.3) is 6.47 Å². The van der Waals surface area contributed by atoms with Crippen molar-refractivity contribution in [3.63, 3.8) is 0 Å². The Labute approximate surface area is 75.3 Å². The van der Waals surface area contributed by atoms with E-state index in [9.17, 15) is 13.2 Å². The van der Waals surface area contributed by atoms with Crippen LogP contribution in [0.5, 0.6) is 5.88 Å². The predicted molar refractivity (Wildman–Crippen MR) is 44.0 cm³/mol. The average Bonchev–Trinajstić information content (AvgIpc) is 2.04. The smallest absolute Gasteiger partial charge is 0.299 e. The van der Waals surface area contributed by atoms with E-state index in [-0.39, 0.29) is 17.2 Å². The fourth-order valence-electron chi connectivity index (χ4n) is 0.705. The number of carbonyl (C=O) groups excluding carboxylic acids is 1. The molecule has 0 aliphatic carbocycles. The number of hydrogen-bond acceptors (Lipinski definition) is 5. The Morgan fingerprint density at radius 3 is 2.54 bits per heavy atom. The van der Waals surface area contributed by atoms with Crippen LogP contribution in [0.25, 0.3) is 0 Å². The minimum atomic E-state index is -3.24. The van der Waals surface area contributed by atoms with Gasteiger partial charge in [-0.05, 0) is 6.07 Å². The van der Waals surface area contributed by atoms with E-state index >= 15 is 0 Å². The summed E-state index contributed by atoms with van der Waals surface area (Å²) in [6.07, 6.45) is 2.21. The van der Waals surface area contributed by atoms with Crippen LogP contribution in [-0.2, 0) is 14.6 Å². The van der Waals surface area contributed by atoms with Crippen LogP contribution >= 0.6 is 0 Å². The zero-order valence-corrected chi connectivity index (χ0v) is 7.61. The monoisotopic (exact) mass is 201 g/mol. The van der Waals surface area contributed by atoms with Gasteiger partial charge >= 0.3 is 0 Å². The maximum absolute atomic E-state index is 11.0. The lowest BCUT2D eigenvalue weighted by Crippen LogP contribution is -1.98. The molecule has 0 atom stereocenters. The second-order valence-corrected chi connectivity index (χ2v) is 4.33. The summed E-state index contributed by atoms with van der Waals surface area (Å²) in [4.78, 5) is 13.6. The first-order valence-electron chi connectivity index (χ1n) is 3.30. The minimum Gasteiger partial charge on any atom is -0.410 e. The molecule has 13 heavy (non-hydrogen) atoms. The lowest BCUT2D eigenvalue weighted by molar-refractivity contribution is -0.120. The van der Waals surface area contributed by atoms with Crippen molar-refractivity contribution in [3.8, 4) is 5.88 Å². The van der Waals surface area contributed by atoms with Crippen molar-refractivity contribution in [2.24, 2.45) is 0 Å². The van der Waals surface area contributed by atoms with Crippen molar-refractivity contribution in [1.29, 1.82) is 0 Å². The highest BCUT2D eigenvalue weighted by Gasteiger charge is 2.06. The molecule has 0 fully saturated rings. The quantitative estimate of drug-likeness (QED) is 0.644. The normalized spacial score (nSPS) is 10.8. The molecule has 0 spiro atoms. The van der Waals surface area contributed by atoms with Crippen LogP contribution in [-0.4, -0.2) is 26.1 Å². The summed E-state index contributed by atoms with van der Waals surface area (Å²) >= 11 is 0. The van der Waals surface area contributed by atoms with E-state index in [2.05, 4.69) is 9.72 Å². The molecule has 5 nitrogen and oxygen atoms in total. The standard InChI is InChI=1S/C7H7NO4S/c1-13(10,11)6-2-3-7(8-4-6)12-5-9/h2-5H,1H3. The number of rotatable bonds is 3. The fraction of sp³-hybridized carbons (Fsp3) is 0.143. The van der Waals surface area contributed by atoms with E-state index in [0.717, 1.165) is 12.5 Å². The first-order valence-corrected chi connectivity index (χ1v) is 5.19. The zero-order chi connectivity index (χ0) is 9.90. The molecule has 70 valence electrons. The summed E-state index contributed by atoms with van der Waals surface area (Å²) in [5, 5.41) is 0. The highest BCUT2D eigenvalue weighted by Crippen LogP contribution is 2.10. The predicted octanol–water partition coefficient (Wildman–Crippen LogP) is 0.0203. The van der Waals surface area contributed by atoms with Crippen molar-refractivity contribution in [2.75, 3.05) is 6.26 Å². The fourth-order valence-corrected chi connectivity index (χ4v) is 1.26. The van der Waals surface area contributed by atoms with Gasteiger partial charge in [0, 0.05) is 18.5 Å². The Balaban J connectivity index is 3.01. The average molecular weight is 201 g/mol. The van der Waals surface area contributed by atoms with E-state index < -0.39 is 9.84 Å². The van der Waals surface area contributed by atoms with E-state index in [4.69, 9.17) is 0 Å². The summed E-state index contributed by atoms with van der Waals surface area (Å²) in [6.45, 7) is 0.225. The number of aromatic nitrogens is 1. The van der Waals surface area contributed by atoms with Crippen LogP contribution < -0.4 is 4.74 Å². The first-order chi connectivity index (χ1) is 6.04. The van der Waals surface area contributed by atoms with E-state index in [0.29, 0.717) is 0 Å². The highest BCUT2D eigenvalue weighted by atomic mass is 32.2. The highest BCUT2D eigenvalue weighted by molar-refractivity contribution is 7.90. The maximum Gasteiger partial charge on any atom is 0.299 e. The molecule has 0 aliphatic rings. The van der Waals surface area contributed by atoms with Crippen LogP contribution in [0.1, 0.15) is 0 Å². The van der Waals surface area contributed by atoms with Crippen LogP contribution in [0, 0.1) is 0 Å². The molecule has 0 saturated heterocycles. The van der Waals surface area contributed by atoms with Gasteiger partial charge in [-0.2, -0.15) is 0 Å². The molecule has 0 unspecified atom stereocenters. The molecular formula is C7H7NO4S.